The van der Waals surface area contributed by atoms with E-state index < -0.39 is 0 Å². The average molecular weight is 165 g/mol. The van der Waals surface area contributed by atoms with Crippen LogP contribution in [0.1, 0.15) is 30.3 Å². The quantitative estimate of drug-likeness (QED) is 0.652. The number of aryl methyl sites for hydroxylation is 1. The summed E-state index contributed by atoms with van der Waals surface area (Å²) in [4.78, 5) is 0. The summed E-state index contributed by atoms with van der Waals surface area (Å²) in [6, 6.07) is 0. The number of fused-ring (bicyclic) bond motifs is 1. The van der Waals surface area contributed by atoms with Gasteiger partial charge in [0, 0.05) is 12.2 Å². The first-order valence-corrected chi connectivity index (χ1v) is 4.56. The molecule has 0 saturated carbocycles. The van der Waals surface area contributed by atoms with Crippen molar-refractivity contribution in [3.8, 4) is 0 Å². The van der Waals surface area contributed by atoms with Crippen molar-refractivity contribution in [1.82, 2.24) is 10.2 Å². The molecule has 1 atom stereocenters. The molecule has 1 aromatic rings. The molecule has 1 heterocycles. The fourth-order valence-corrected chi connectivity index (χ4v) is 1.90. The third kappa shape index (κ3) is 1.14. The highest BCUT2D eigenvalue weighted by Gasteiger charge is 2.19. The van der Waals surface area contributed by atoms with Gasteiger partial charge in [0.05, 0.1) is 5.69 Å². The van der Waals surface area contributed by atoms with Crippen LogP contribution < -0.4 is 5.73 Å². The molecule has 1 aliphatic carbocycles. The number of aromatic amines is 1. The number of nitrogens with one attached hydrogen (secondary N) is 1. The lowest BCUT2D eigenvalue weighted by molar-refractivity contribution is 0.496. The molecule has 1 aromatic heterocycles. The summed E-state index contributed by atoms with van der Waals surface area (Å²) in [6.07, 6.45) is 3.57. The topological polar surface area (TPSA) is 54.7 Å². The van der Waals surface area contributed by atoms with Crippen molar-refractivity contribution in [3.63, 3.8) is 0 Å². The Morgan fingerprint density at radius 1 is 1.67 bits per heavy atom. The molecule has 0 bridgehead atoms. The van der Waals surface area contributed by atoms with Crippen molar-refractivity contribution in [1.29, 1.82) is 0 Å². The van der Waals surface area contributed by atoms with Crippen molar-refractivity contribution in [2.45, 2.75) is 32.7 Å². The number of nitrogens with zero attached hydrogens (tertiary/aromatic N) is 1. The van der Waals surface area contributed by atoms with E-state index in [1.807, 2.05) is 0 Å². The van der Waals surface area contributed by atoms with E-state index in [0.29, 0.717) is 6.54 Å². The smallest absolute Gasteiger partial charge is 0.0792 e. The Morgan fingerprint density at radius 3 is 3.25 bits per heavy atom. The van der Waals surface area contributed by atoms with Crippen molar-refractivity contribution in [2.24, 2.45) is 11.7 Å². The van der Waals surface area contributed by atoms with Crippen LogP contribution in [0.5, 0.6) is 0 Å². The van der Waals surface area contributed by atoms with Gasteiger partial charge in [0.2, 0.25) is 0 Å². The molecular weight excluding hydrogens is 150 g/mol. The van der Waals surface area contributed by atoms with Gasteiger partial charge >= 0.3 is 0 Å². The second kappa shape index (κ2) is 2.90. The Labute approximate surface area is 72.4 Å². The third-order valence-corrected chi connectivity index (χ3v) is 2.67. The molecule has 0 aromatic carbocycles. The first-order chi connectivity index (χ1) is 5.81. The number of rotatable bonds is 1. The molecule has 1 unspecified atom stereocenters. The SMILES string of the molecule is CC1CCc2[nH]nc(CN)c2C1. The maximum atomic E-state index is 5.58. The monoisotopic (exact) mass is 165 g/mol. The van der Waals surface area contributed by atoms with Crippen LogP contribution in [0.2, 0.25) is 0 Å². The molecule has 3 heteroatoms. The van der Waals surface area contributed by atoms with E-state index in [2.05, 4.69) is 17.1 Å². The summed E-state index contributed by atoms with van der Waals surface area (Å²) in [5.41, 5.74) is 9.35. The van der Waals surface area contributed by atoms with Gasteiger partial charge in [-0.15, -0.1) is 0 Å². The van der Waals surface area contributed by atoms with Crippen LogP contribution in [0.15, 0.2) is 0 Å². The van der Waals surface area contributed by atoms with Gasteiger partial charge in [-0.3, -0.25) is 5.10 Å². The van der Waals surface area contributed by atoms with E-state index in [-0.39, 0.29) is 0 Å². The molecule has 0 spiro atoms. The fraction of sp³-hybridized carbons (Fsp3) is 0.667. The number of hydrogen-bond donors (Lipinski definition) is 2. The molecule has 0 saturated heterocycles. The Morgan fingerprint density at radius 2 is 2.50 bits per heavy atom. The van der Waals surface area contributed by atoms with Crippen molar-refractivity contribution < 1.29 is 0 Å². The van der Waals surface area contributed by atoms with Gasteiger partial charge in [0.1, 0.15) is 0 Å². The van der Waals surface area contributed by atoms with Crippen LogP contribution in [-0.4, -0.2) is 10.2 Å². The van der Waals surface area contributed by atoms with E-state index in [4.69, 9.17) is 5.73 Å². The number of nitrogens with two attached hydrogens (primary N) is 1. The summed E-state index contributed by atoms with van der Waals surface area (Å²) in [5.74, 6) is 0.792. The van der Waals surface area contributed by atoms with Gasteiger partial charge in [-0.25, -0.2) is 0 Å². The minimum absolute atomic E-state index is 0.568. The molecule has 66 valence electrons. The zero-order valence-corrected chi connectivity index (χ0v) is 7.43. The van der Waals surface area contributed by atoms with Gasteiger partial charge < -0.3 is 5.73 Å². The maximum Gasteiger partial charge on any atom is 0.0792 e. The van der Waals surface area contributed by atoms with Gasteiger partial charge in [-0.05, 0) is 30.7 Å². The largest absolute Gasteiger partial charge is 0.325 e. The minimum atomic E-state index is 0.568. The number of hydrogen-bond acceptors (Lipinski definition) is 2. The van der Waals surface area contributed by atoms with Gasteiger partial charge in [0.25, 0.3) is 0 Å². The number of aromatic nitrogens is 2. The standard InChI is InChI=1S/C9H15N3/c1-6-2-3-8-7(4-6)9(5-10)12-11-8/h6H,2-5,10H2,1H3,(H,11,12). The minimum Gasteiger partial charge on any atom is -0.325 e. The molecule has 0 radical (unpaired) electrons. The lowest BCUT2D eigenvalue weighted by Gasteiger charge is -2.17. The molecule has 0 fully saturated rings. The Bertz CT molecular complexity index is 264. The molecule has 3 N–H and O–H groups in total. The molecule has 1 aliphatic rings. The van der Waals surface area contributed by atoms with E-state index in [1.165, 1.54) is 17.7 Å². The Balaban J connectivity index is 2.34. The normalized spacial score (nSPS) is 22.3. The second-order valence-electron chi connectivity index (χ2n) is 3.68. The van der Waals surface area contributed by atoms with Crippen molar-refractivity contribution >= 4 is 0 Å². The highest BCUT2D eigenvalue weighted by molar-refractivity contribution is 5.27. The molecule has 12 heavy (non-hydrogen) atoms. The highest BCUT2D eigenvalue weighted by atomic mass is 15.1. The van der Waals surface area contributed by atoms with Crippen LogP contribution in [-0.2, 0) is 19.4 Å². The summed E-state index contributed by atoms with van der Waals surface area (Å²) < 4.78 is 0. The van der Waals surface area contributed by atoms with Gasteiger partial charge in [0.15, 0.2) is 0 Å². The van der Waals surface area contributed by atoms with E-state index in [1.54, 1.807) is 0 Å². The predicted octanol–water partition coefficient (Wildman–Crippen LogP) is 0.993. The van der Waals surface area contributed by atoms with Crippen LogP contribution in [0.3, 0.4) is 0 Å². The van der Waals surface area contributed by atoms with Crippen molar-refractivity contribution in [3.05, 3.63) is 17.0 Å². The molecule has 0 aliphatic heterocycles. The summed E-state index contributed by atoms with van der Waals surface area (Å²) in [5, 5.41) is 7.27. The molecule has 2 rings (SSSR count). The highest BCUT2D eigenvalue weighted by Crippen LogP contribution is 2.25. The van der Waals surface area contributed by atoms with E-state index >= 15 is 0 Å². The Kier molecular flexibility index (Phi) is 1.89. The van der Waals surface area contributed by atoms with E-state index in [0.717, 1.165) is 24.5 Å². The number of H-pyrrole nitrogens is 1. The fourth-order valence-electron chi connectivity index (χ4n) is 1.90. The lowest BCUT2D eigenvalue weighted by atomic mass is 9.88. The summed E-state index contributed by atoms with van der Waals surface area (Å²) in [7, 11) is 0. The van der Waals surface area contributed by atoms with Crippen LogP contribution >= 0.6 is 0 Å². The van der Waals surface area contributed by atoms with Gasteiger partial charge in [-0.1, -0.05) is 6.92 Å². The summed E-state index contributed by atoms with van der Waals surface area (Å²) >= 11 is 0. The first-order valence-electron chi connectivity index (χ1n) is 4.56. The van der Waals surface area contributed by atoms with E-state index in [9.17, 15) is 0 Å². The average Bonchev–Trinajstić information content (AvgIpc) is 2.46. The van der Waals surface area contributed by atoms with Crippen LogP contribution in [0, 0.1) is 5.92 Å². The zero-order valence-electron chi connectivity index (χ0n) is 7.43. The maximum absolute atomic E-state index is 5.58. The second-order valence-corrected chi connectivity index (χ2v) is 3.68. The molecular formula is C9H15N3. The predicted molar refractivity (Wildman–Crippen MR) is 47.7 cm³/mol. The first kappa shape index (κ1) is 7.80. The third-order valence-electron chi connectivity index (χ3n) is 2.67. The molecule has 3 nitrogen and oxygen atoms in total. The van der Waals surface area contributed by atoms with Gasteiger partial charge in [-0.2, -0.15) is 5.10 Å². The lowest BCUT2D eigenvalue weighted by Crippen LogP contribution is -2.12. The summed E-state index contributed by atoms with van der Waals surface area (Å²) in [6.45, 7) is 2.86. The van der Waals surface area contributed by atoms with Crippen LogP contribution in [0.4, 0.5) is 0 Å². The van der Waals surface area contributed by atoms with Crippen molar-refractivity contribution in [2.75, 3.05) is 0 Å². The molecule has 0 amide bonds. The zero-order chi connectivity index (χ0) is 8.55. The van der Waals surface area contributed by atoms with Crippen LogP contribution in [0.25, 0.3) is 0 Å². The Hall–Kier alpha value is -0.830.